The standard InChI is InChI=1S/C9H12O3/c1-6(2)5-7-3-4-8(10)12-9(7)11/h5,7H,3-4H2,1-2H3. The molecule has 1 heterocycles. The Morgan fingerprint density at radius 2 is 2.17 bits per heavy atom. The number of rotatable bonds is 1. The molecule has 1 aliphatic heterocycles. The largest absolute Gasteiger partial charge is 0.393 e. The number of esters is 2. The lowest BCUT2D eigenvalue weighted by Crippen LogP contribution is -2.26. The average Bonchev–Trinajstić information content (AvgIpc) is 1.94. The van der Waals surface area contributed by atoms with Crippen LogP contribution in [0.3, 0.4) is 0 Å². The number of ether oxygens (including phenoxy) is 1. The van der Waals surface area contributed by atoms with Crippen molar-refractivity contribution in [2.45, 2.75) is 26.7 Å². The minimum atomic E-state index is -0.410. The molecule has 1 fully saturated rings. The van der Waals surface area contributed by atoms with E-state index in [9.17, 15) is 9.59 Å². The molecule has 1 aliphatic rings. The average molecular weight is 168 g/mol. The van der Waals surface area contributed by atoms with Gasteiger partial charge in [-0.3, -0.25) is 9.59 Å². The highest BCUT2D eigenvalue weighted by molar-refractivity contribution is 5.90. The summed E-state index contributed by atoms with van der Waals surface area (Å²) in [6.45, 7) is 3.84. The second-order valence-corrected chi connectivity index (χ2v) is 3.18. The molecule has 1 saturated heterocycles. The van der Waals surface area contributed by atoms with Gasteiger partial charge in [-0.15, -0.1) is 0 Å². The van der Waals surface area contributed by atoms with Gasteiger partial charge in [0.1, 0.15) is 0 Å². The maximum Gasteiger partial charge on any atom is 0.320 e. The van der Waals surface area contributed by atoms with Crippen molar-refractivity contribution in [1.82, 2.24) is 0 Å². The maximum atomic E-state index is 11.1. The first kappa shape index (κ1) is 8.97. The number of carbonyl (C=O) groups is 2. The van der Waals surface area contributed by atoms with Crippen LogP contribution in [0.15, 0.2) is 11.6 Å². The van der Waals surface area contributed by atoms with Crippen LogP contribution in [0.25, 0.3) is 0 Å². The van der Waals surface area contributed by atoms with E-state index in [1.165, 1.54) is 0 Å². The topological polar surface area (TPSA) is 43.4 Å². The molecule has 0 aromatic rings. The summed E-state index contributed by atoms with van der Waals surface area (Å²) < 4.78 is 4.48. The van der Waals surface area contributed by atoms with Gasteiger partial charge in [0, 0.05) is 6.42 Å². The fourth-order valence-corrected chi connectivity index (χ4v) is 1.18. The smallest absolute Gasteiger partial charge is 0.320 e. The molecule has 0 bridgehead atoms. The molecule has 3 heteroatoms. The number of carbonyl (C=O) groups excluding carboxylic acids is 2. The fourth-order valence-electron chi connectivity index (χ4n) is 1.18. The van der Waals surface area contributed by atoms with E-state index in [0.717, 1.165) is 5.57 Å². The zero-order chi connectivity index (χ0) is 9.14. The highest BCUT2D eigenvalue weighted by Crippen LogP contribution is 2.18. The molecule has 0 saturated carbocycles. The maximum absolute atomic E-state index is 11.1. The number of hydrogen-bond donors (Lipinski definition) is 0. The summed E-state index contributed by atoms with van der Waals surface area (Å²) in [5.74, 6) is -1.03. The quantitative estimate of drug-likeness (QED) is 0.338. The van der Waals surface area contributed by atoms with Crippen LogP contribution in [-0.4, -0.2) is 11.9 Å². The number of allylic oxidation sites excluding steroid dienone is 1. The highest BCUT2D eigenvalue weighted by atomic mass is 16.6. The van der Waals surface area contributed by atoms with E-state index in [-0.39, 0.29) is 5.92 Å². The van der Waals surface area contributed by atoms with Crippen LogP contribution in [0.1, 0.15) is 26.7 Å². The van der Waals surface area contributed by atoms with Gasteiger partial charge in [0.2, 0.25) is 0 Å². The second-order valence-electron chi connectivity index (χ2n) is 3.18. The molecule has 1 atom stereocenters. The van der Waals surface area contributed by atoms with Crippen molar-refractivity contribution in [3.8, 4) is 0 Å². The van der Waals surface area contributed by atoms with E-state index in [0.29, 0.717) is 12.8 Å². The first-order valence-corrected chi connectivity index (χ1v) is 3.99. The third-order valence-corrected chi connectivity index (χ3v) is 1.71. The zero-order valence-corrected chi connectivity index (χ0v) is 7.29. The lowest BCUT2D eigenvalue weighted by molar-refractivity contribution is -0.165. The van der Waals surface area contributed by atoms with E-state index < -0.39 is 11.9 Å². The molecular formula is C9H12O3. The zero-order valence-electron chi connectivity index (χ0n) is 7.29. The summed E-state index contributed by atoms with van der Waals surface area (Å²) in [5.41, 5.74) is 1.08. The molecule has 0 radical (unpaired) electrons. The van der Waals surface area contributed by atoms with Crippen molar-refractivity contribution < 1.29 is 14.3 Å². The Kier molecular flexibility index (Phi) is 2.63. The monoisotopic (exact) mass is 168 g/mol. The Labute approximate surface area is 71.4 Å². The molecule has 0 aromatic heterocycles. The lowest BCUT2D eigenvalue weighted by Gasteiger charge is -2.16. The molecule has 0 N–H and O–H groups in total. The fraction of sp³-hybridized carbons (Fsp3) is 0.556. The summed E-state index contributed by atoms with van der Waals surface area (Å²) in [4.78, 5) is 21.7. The predicted octanol–water partition coefficient (Wildman–Crippen LogP) is 1.43. The first-order chi connectivity index (χ1) is 5.59. The van der Waals surface area contributed by atoms with Crippen LogP contribution in [0, 0.1) is 5.92 Å². The van der Waals surface area contributed by atoms with Gasteiger partial charge in [-0.25, -0.2) is 0 Å². The van der Waals surface area contributed by atoms with Gasteiger partial charge in [-0.05, 0) is 20.3 Å². The summed E-state index contributed by atoms with van der Waals surface area (Å²) >= 11 is 0. The molecule has 3 nitrogen and oxygen atoms in total. The molecule has 0 aliphatic carbocycles. The Morgan fingerprint density at radius 3 is 2.67 bits per heavy atom. The SMILES string of the molecule is CC(C)=CC1CCC(=O)OC1=O. The second kappa shape index (κ2) is 3.52. The van der Waals surface area contributed by atoms with Gasteiger partial charge < -0.3 is 4.74 Å². The van der Waals surface area contributed by atoms with Gasteiger partial charge in [0.25, 0.3) is 0 Å². The summed E-state index contributed by atoms with van der Waals surface area (Å²) in [6.07, 6.45) is 2.78. The van der Waals surface area contributed by atoms with E-state index in [2.05, 4.69) is 4.74 Å². The van der Waals surface area contributed by atoms with Crippen molar-refractivity contribution in [3.63, 3.8) is 0 Å². The van der Waals surface area contributed by atoms with Crippen LogP contribution in [0.5, 0.6) is 0 Å². The Morgan fingerprint density at radius 1 is 1.50 bits per heavy atom. The van der Waals surface area contributed by atoms with Gasteiger partial charge in [0.05, 0.1) is 5.92 Å². The third-order valence-electron chi connectivity index (χ3n) is 1.71. The Hall–Kier alpha value is -1.12. The first-order valence-electron chi connectivity index (χ1n) is 3.99. The van der Waals surface area contributed by atoms with Gasteiger partial charge >= 0.3 is 11.9 Å². The van der Waals surface area contributed by atoms with Crippen molar-refractivity contribution in [2.75, 3.05) is 0 Å². The minimum Gasteiger partial charge on any atom is -0.393 e. The van der Waals surface area contributed by atoms with Crippen molar-refractivity contribution in [2.24, 2.45) is 5.92 Å². The molecule has 0 amide bonds. The van der Waals surface area contributed by atoms with E-state index >= 15 is 0 Å². The minimum absolute atomic E-state index is 0.215. The van der Waals surface area contributed by atoms with Crippen LogP contribution < -0.4 is 0 Å². The molecule has 66 valence electrons. The van der Waals surface area contributed by atoms with Crippen LogP contribution in [0.4, 0.5) is 0 Å². The van der Waals surface area contributed by atoms with Crippen LogP contribution >= 0.6 is 0 Å². The normalized spacial score (nSPS) is 23.3. The highest BCUT2D eigenvalue weighted by Gasteiger charge is 2.26. The van der Waals surface area contributed by atoms with E-state index in [1.807, 2.05) is 19.9 Å². The van der Waals surface area contributed by atoms with Gasteiger partial charge in [-0.2, -0.15) is 0 Å². The van der Waals surface area contributed by atoms with E-state index in [1.54, 1.807) is 0 Å². The molecular weight excluding hydrogens is 156 g/mol. The van der Waals surface area contributed by atoms with Crippen molar-refractivity contribution >= 4 is 11.9 Å². The van der Waals surface area contributed by atoms with Crippen LogP contribution in [0.2, 0.25) is 0 Å². The summed E-state index contributed by atoms with van der Waals surface area (Å²) in [7, 11) is 0. The molecule has 12 heavy (non-hydrogen) atoms. The molecule has 1 rings (SSSR count). The summed E-state index contributed by atoms with van der Waals surface area (Å²) in [5, 5.41) is 0. The van der Waals surface area contributed by atoms with E-state index in [4.69, 9.17) is 0 Å². The molecule has 0 aromatic carbocycles. The van der Waals surface area contributed by atoms with Crippen molar-refractivity contribution in [3.05, 3.63) is 11.6 Å². The molecule has 1 unspecified atom stereocenters. The third kappa shape index (κ3) is 2.19. The van der Waals surface area contributed by atoms with Gasteiger partial charge in [0.15, 0.2) is 0 Å². The van der Waals surface area contributed by atoms with Crippen molar-refractivity contribution in [1.29, 1.82) is 0 Å². The Balaban J connectivity index is 2.63. The molecule has 0 spiro atoms. The predicted molar refractivity (Wildman–Crippen MR) is 43.3 cm³/mol. The lowest BCUT2D eigenvalue weighted by atomic mass is 9.99. The van der Waals surface area contributed by atoms with Gasteiger partial charge in [-0.1, -0.05) is 11.6 Å². The Bertz CT molecular complexity index is 236. The summed E-state index contributed by atoms with van der Waals surface area (Å²) in [6, 6.07) is 0. The number of cyclic esters (lactones) is 2. The van der Waals surface area contributed by atoms with Crippen LogP contribution in [-0.2, 0) is 14.3 Å². The number of hydrogen-bond acceptors (Lipinski definition) is 3.